The maximum absolute atomic E-state index is 12.9. The SMILES string of the molecule is Cc1cc(C2CCCNC2)oc(=O)c1C(=O)N1CCC(C2(O)CC2)CC1. The van der Waals surface area contributed by atoms with Crippen LogP contribution in [0.25, 0.3) is 0 Å². The molecule has 1 aliphatic carbocycles. The van der Waals surface area contributed by atoms with Gasteiger partial charge < -0.3 is 19.7 Å². The minimum atomic E-state index is -0.515. The Kier molecular flexibility index (Phi) is 4.65. The van der Waals surface area contributed by atoms with Crippen LogP contribution >= 0.6 is 0 Å². The molecule has 1 amide bonds. The van der Waals surface area contributed by atoms with E-state index < -0.39 is 11.2 Å². The molecule has 142 valence electrons. The number of aliphatic hydroxyl groups is 1. The monoisotopic (exact) mass is 360 g/mol. The number of aryl methyl sites for hydroxylation is 1. The zero-order valence-corrected chi connectivity index (χ0v) is 15.4. The average molecular weight is 360 g/mol. The predicted molar refractivity (Wildman–Crippen MR) is 97.4 cm³/mol. The summed E-state index contributed by atoms with van der Waals surface area (Å²) in [7, 11) is 0. The smallest absolute Gasteiger partial charge is 0.349 e. The van der Waals surface area contributed by atoms with Crippen molar-refractivity contribution in [3.8, 4) is 0 Å². The minimum Gasteiger partial charge on any atom is -0.427 e. The second kappa shape index (κ2) is 6.82. The summed E-state index contributed by atoms with van der Waals surface area (Å²) in [6.45, 7) is 4.83. The summed E-state index contributed by atoms with van der Waals surface area (Å²) in [5, 5.41) is 13.6. The Hall–Kier alpha value is -1.66. The lowest BCUT2D eigenvalue weighted by atomic mass is 9.89. The van der Waals surface area contributed by atoms with Crippen molar-refractivity contribution < 1.29 is 14.3 Å². The number of amides is 1. The van der Waals surface area contributed by atoms with Crippen molar-refractivity contribution in [2.45, 2.75) is 57.0 Å². The van der Waals surface area contributed by atoms with Gasteiger partial charge in [0.2, 0.25) is 0 Å². The summed E-state index contributed by atoms with van der Waals surface area (Å²) < 4.78 is 5.54. The number of likely N-dealkylation sites (tertiary alicyclic amines) is 1. The van der Waals surface area contributed by atoms with Crippen LogP contribution in [0.1, 0.15) is 66.1 Å². The molecule has 0 spiro atoms. The minimum absolute atomic E-state index is 0.168. The molecule has 3 aliphatic rings. The molecule has 1 aromatic heterocycles. The number of piperidine rings is 2. The molecule has 4 rings (SSSR count). The molecule has 1 aromatic rings. The highest BCUT2D eigenvalue weighted by atomic mass is 16.4. The number of nitrogens with zero attached hydrogens (tertiary/aromatic N) is 1. The van der Waals surface area contributed by atoms with Gasteiger partial charge in [-0.25, -0.2) is 4.79 Å². The summed E-state index contributed by atoms with van der Waals surface area (Å²) in [6.07, 6.45) is 5.43. The largest absolute Gasteiger partial charge is 0.427 e. The Balaban J connectivity index is 1.48. The molecule has 6 nitrogen and oxygen atoms in total. The standard InChI is InChI=1S/C20H28N2O4/c1-13-11-16(14-3-2-8-21-12-14)26-19(24)17(13)18(23)22-9-4-15(5-10-22)20(25)6-7-20/h11,14-15,21,25H,2-10,12H2,1H3. The Morgan fingerprint density at radius 3 is 2.62 bits per heavy atom. The zero-order chi connectivity index (χ0) is 18.3. The summed E-state index contributed by atoms with van der Waals surface area (Å²) in [4.78, 5) is 27.2. The van der Waals surface area contributed by atoms with Gasteiger partial charge >= 0.3 is 5.63 Å². The van der Waals surface area contributed by atoms with Crippen LogP contribution in [-0.2, 0) is 0 Å². The van der Waals surface area contributed by atoms with E-state index in [2.05, 4.69) is 5.32 Å². The van der Waals surface area contributed by atoms with Crippen LogP contribution in [0.5, 0.6) is 0 Å². The van der Waals surface area contributed by atoms with E-state index in [1.165, 1.54) is 0 Å². The Labute approximate surface area is 153 Å². The van der Waals surface area contributed by atoms with Gasteiger partial charge in [-0.2, -0.15) is 0 Å². The maximum Gasteiger partial charge on any atom is 0.349 e. The van der Waals surface area contributed by atoms with E-state index in [-0.39, 0.29) is 23.3 Å². The molecule has 0 aromatic carbocycles. The van der Waals surface area contributed by atoms with Crippen LogP contribution in [0, 0.1) is 12.8 Å². The van der Waals surface area contributed by atoms with E-state index >= 15 is 0 Å². The van der Waals surface area contributed by atoms with Crippen molar-refractivity contribution in [3.63, 3.8) is 0 Å². The molecule has 1 unspecified atom stereocenters. The molecule has 0 bridgehead atoms. The third-order valence-corrected chi connectivity index (χ3v) is 6.39. The molecule has 26 heavy (non-hydrogen) atoms. The van der Waals surface area contributed by atoms with E-state index in [1.54, 1.807) is 4.90 Å². The van der Waals surface area contributed by atoms with E-state index in [4.69, 9.17) is 4.42 Å². The molecule has 2 N–H and O–H groups in total. The highest BCUT2D eigenvalue weighted by Crippen LogP contribution is 2.46. The van der Waals surface area contributed by atoms with E-state index in [0.717, 1.165) is 51.6 Å². The van der Waals surface area contributed by atoms with Gasteiger partial charge in [0.15, 0.2) is 0 Å². The molecule has 3 heterocycles. The maximum atomic E-state index is 12.9. The highest BCUT2D eigenvalue weighted by molar-refractivity contribution is 5.95. The number of nitrogens with one attached hydrogen (secondary N) is 1. The fourth-order valence-electron chi connectivity index (χ4n) is 4.50. The molecular weight excluding hydrogens is 332 g/mol. The Morgan fingerprint density at radius 1 is 1.31 bits per heavy atom. The van der Waals surface area contributed by atoms with Crippen molar-refractivity contribution in [1.29, 1.82) is 0 Å². The van der Waals surface area contributed by atoms with E-state index in [1.807, 2.05) is 13.0 Å². The Morgan fingerprint density at radius 2 is 2.04 bits per heavy atom. The van der Waals surface area contributed by atoms with E-state index in [9.17, 15) is 14.7 Å². The molecule has 1 saturated carbocycles. The van der Waals surface area contributed by atoms with Crippen LogP contribution < -0.4 is 10.9 Å². The van der Waals surface area contributed by atoms with Gasteiger partial charge in [-0.15, -0.1) is 0 Å². The number of hydrogen-bond acceptors (Lipinski definition) is 5. The van der Waals surface area contributed by atoms with Crippen molar-refractivity contribution in [1.82, 2.24) is 10.2 Å². The second-order valence-corrected chi connectivity index (χ2v) is 8.21. The highest BCUT2D eigenvalue weighted by Gasteiger charge is 2.48. The van der Waals surface area contributed by atoms with Crippen LogP contribution in [0.4, 0.5) is 0 Å². The molecule has 6 heteroatoms. The lowest BCUT2D eigenvalue weighted by molar-refractivity contribution is 0.0338. The van der Waals surface area contributed by atoms with E-state index in [0.29, 0.717) is 24.4 Å². The van der Waals surface area contributed by atoms with Crippen molar-refractivity contribution >= 4 is 5.91 Å². The lowest BCUT2D eigenvalue weighted by Gasteiger charge is -2.34. The summed E-state index contributed by atoms with van der Waals surface area (Å²) >= 11 is 0. The van der Waals surface area contributed by atoms with Gasteiger partial charge in [0.25, 0.3) is 5.91 Å². The third-order valence-electron chi connectivity index (χ3n) is 6.39. The predicted octanol–water partition coefficient (Wildman–Crippen LogP) is 1.79. The first-order valence-corrected chi connectivity index (χ1v) is 9.85. The average Bonchev–Trinajstić information content (AvgIpc) is 3.40. The van der Waals surface area contributed by atoms with Crippen LogP contribution in [0.15, 0.2) is 15.3 Å². The van der Waals surface area contributed by atoms with Crippen LogP contribution in [0.2, 0.25) is 0 Å². The quantitative estimate of drug-likeness (QED) is 0.859. The van der Waals surface area contributed by atoms with Crippen LogP contribution in [0.3, 0.4) is 0 Å². The van der Waals surface area contributed by atoms with Gasteiger partial charge in [0.05, 0.1) is 5.60 Å². The summed E-state index contributed by atoms with van der Waals surface area (Å²) in [5.41, 5.74) is -0.130. The summed E-state index contributed by atoms with van der Waals surface area (Å²) in [5.74, 6) is 0.941. The molecule has 0 radical (unpaired) electrons. The fourth-order valence-corrected chi connectivity index (χ4v) is 4.50. The van der Waals surface area contributed by atoms with Crippen molar-refractivity contribution in [2.75, 3.05) is 26.2 Å². The van der Waals surface area contributed by atoms with Gasteiger partial charge in [0, 0.05) is 25.6 Å². The molecule has 2 aliphatic heterocycles. The first-order valence-electron chi connectivity index (χ1n) is 9.85. The lowest BCUT2D eigenvalue weighted by Crippen LogP contribution is -2.43. The van der Waals surface area contributed by atoms with Crippen molar-refractivity contribution in [2.24, 2.45) is 5.92 Å². The third kappa shape index (κ3) is 3.32. The van der Waals surface area contributed by atoms with Gasteiger partial charge in [0.1, 0.15) is 11.3 Å². The molecule has 3 fully saturated rings. The normalized spacial score (nSPS) is 25.9. The van der Waals surface area contributed by atoms with Crippen molar-refractivity contribution in [3.05, 3.63) is 33.4 Å². The topological polar surface area (TPSA) is 82.8 Å². The summed E-state index contributed by atoms with van der Waals surface area (Å²) in [6, 6.07) is 1.87. The second-order valence-electron chi connectivity index (χ2n) is 8.21. The zero-order valence-electron chi connectivity index (χ0n) is 15.4. The Bertz CT molecular complexity index is 739. The first kappa shape index (κ1) is 17.7. The van der Waals surface area contributed by atoms with Gasteiger partial charge in [-0.3, -0.25) is 4.79 Å². The fraction of sp³-hybridized carbons (Fsp3) is 0.700. The number of hydrogen-bond donors (Lipinski definition) is 2. The number of carbonyl (C=O) groups excluding carboxylic acids is 1. The molecule has 1 atom stereocenters. The van der Waals surface area contributed by atoms with Gasteiger partial charge in [-0.05, 0) is 69.5 Å². The number of rotatable bonds is 3. The molecule has 2 saturated heterocycles. The van der Waals surface area contributed by atoms with Crippen LogP contribution in [-0.4, -0.2) is 47.7 Å². The number of carbonyl (C=O) groups is 1. The van der Waals surface area contributed by atoms with Gasteiger partial charge in [-0.1, -0.05) is 0 Å². The molecular formula is C20H28N2O4. The first-order chi connectivity index (χ1) is 12.5.